The van der Waals surface area contributed by atoms with Crippen LogP contribution >= 0.6 is 0 Å². The molecule has 2 aromatic rings. The van der Waals surface area contributed by atoms with E-state index in [9.17, 15) is 9.59 Å². The Morgan fingerprint density at radius 3 is 2.79 bits per heavy atom. The van der Waals surface area contributed by atoms with Gasteiger partial charge < -0.3 is 30.6 Å². The summed E-state index contributed by atoms with van der Waals surface area (Å²) in [5.41, 5.74) is 7.91. The van der Waals surface area contributed by atoms with Crippen molar-refractivity contribution >= 4 is 11.8 Å². The molecule has 1 saturated heterocycles. The Morgan fingerprint density at radius 2 is 2.07 bits per heavy atom. The van der Waals surface area contributed by atoms with E-state index in [1.807, 2.05) is 12.1 Å². The lowest BCUT2D eigenvalue weighted by Crippen LogP contribution is -2.52. The van der Waals surface area contributed by atoms with Crippen LogP contribution in [0.3, 0.4) is 0 Å². The second-order valence-corrected chi connectivity index (χ2v) is 6.47. The maximum absolute atomic E-state index is 12.8. The first-order valence-corrected chi connectivity index (χ1v) is 9.10. The van der Waals surface area contributed by atoms with Gasteiger partial charge in [0.05, 0.1) is 32.5 Å². The van der Waals surface area contributed by atoms with E-state index in [0.717, 1.165) is 5.56 Å². The minimum Gasteiger partial charge on any atom is -0.493 e. The molecule has 1 fully saturated rings. The van der Waals surface area contributed by atoms with Crippen molar-refractivity contribution in [3.63, 3.8) is 0 Å². The molecule has 2 amide bonds. The first-order valence-electron chi connectivity index (χ1n) is 9.10. The molecule has 0 spiro atoms. The monoisotopic (exact) mass is 400 g/mol. The number of hydrogen-bond acceptors (Lipinski definition) is 7. The molecule has 29 heavy (non-hydrogen) atoms. The molecule has 1 aliphatic heterocycles. The molecule has 1 aromatic carbocycles. The fraction of sp³-hybridized carbons (Fsp3) is 0.350. The molecule has 4 N–H and O–H groups in total. The van der Waals surface area contributed by atoms with Crippen molar-refractivity contribution in [3.05, 3.63) is 53.3 Å². The molecule has 2 heterocycles. The van der Waals surface area contributed by atoms with Crippen LogP contribution in [0.15, 0.2) is 36.5 Å². The number of hydrogen-bond donors (Lipinski definition) is 3. The van der Waals surface area contributed by atoms with Crippen molar-refractivity contribution in [1.29, 1.82) is 0 Å². The highest BCUT2D eigenvalue weighted by molar-refractivity contribution is 5.86. The van der Waals surface area contributed by atoms with Crippen LogP contribution in [0.5, 0.6) is 11.5 Å². The minimum absolute atomic E-state index is 0.192. The summed E-state index contributed by atoms with van der Waals surface area (Å²) in [6, 6.07) is 8.16. The molecule has 9 nitrogen and oxygen atoms in total. The van der Waals surface area contributed by atoms with Crippen LogP contribution in [0.25, 0.3) is 0 Å². The van der Waals surface area contributed by atoms with Crippen molar-refractivity contribution in [2.45, 2.75) is 25.2 Å². The Labute approximate surface area is 168 Å². The van der Waals surface area contributed by atoms with Gasteiger partial charge in [-0.3, -0.25) is 14.6 Å². The molecule has 154 valence electrons. The van der Waals surface area contributed by atoms with Crippen molar-refractivity contribution in [2.24, 2.45) is 5.73 Å². The number of ether oxygens (including phenoxy) is 3. The van der Waals surface area contributed by atoms with E-state index < -0.39 is 12.1 Å². The molecule has 1 aromatic heterocycles. The molecular weight excluding hydrogens is 376 g/mol. The molecule has 0 bridgehead atoms. The van der Waals surface area contributed by atoms with Gasteiger partial charge in [-0.25, -0.2) is 0 Å². The van der Waals surface area contributed by atoms with Gasteiger partial charge in [0.15, 0.2) is 17.6 Å². The van der Waals surface area contributed by atoms with E-state index in [4.69, 9.17) is 19.9 Å². The number of rotatable bonds is 7. The van der Waals surface area contributed by atoms with Crippen molar-refractivity contribution in [1.82, 2.24) is 15.6 Å². The lowest BCUT2D eigenvalue weighted by atomic mass is 9.98. The number of carbonyl (C=O) groups is 2. The topological polar surface area (TPSA) is 125 Å². The number of nitrogens with zero attached hydrogens (tertiary/aromatic N) is 1. The molecule has 0 aliphatic carbocycles. The highest BCUT2D eigenvalue weighted by atomic mass is 16.5. The number of pyridine rings is 1. The molecule has 2 atom stereocenters. The standard InChI is InChI=1S/C20H24N4O5/c1-27-15-4-3-13(8-16(15)28-2)18-19(29-11-17(25)24-18)20(26)23-10-14-7-12(9-21)5-6-22-14/h3-8,18-19H,9-11,21H2,1-2H3,(H,23,26)(H,24,25)/t18-,19+/m1/s1. The second kappa shape index (κ2) is 9.35. The lowest BCUT2D eigenvalue weighted by Gasteiger charge is -2.32. The SMILES string of the molecule is COc1ccc([C@H]2NC(=O)CO[C@@H]2C(=O)NCc2cc(CN)ccn2)cc1OC. The third-order valence-corrected chi connectivity index (χ3v) is 4.60. The summed E-state index contributed by atoms with van der Waals surface area (Å²) in [5.74, 6) is 0.383. The Balaban J connectivity index is 1.76. The molecule has 0 radical (unpaired) electrons. The van der Waals surface area contributed by atoms with Crippen LogP contribution in [0.1, 0.15) is 22.9 Å². The number of carbonyl (C=O) groups excluding carboxylic acids is 2. The summed E-state index contributed by atoms with van der Waals surface area (Å²) in [4.78, 5) is 28.9. The Hall–Kier alpha value is -3.17. The fourth-order valence-corrected chi connectivity index (χ4v) is 3.11. The average Bonchev–Trinajstić information content (AvgIpc) is 2.77. The van der Waals surface area contributed by atoms with E-state index >= 15 is 0 Å². The van der Waals surface area contributed by atoms with Gasteiger partial charge in [-0.15, -0.1) is 0 Å². The van der Waals surface area contributed by atoms with Crippen LogP contribution in [-0.4, -0.2) is 43.7 Å². The van der Waals surface area contributed by atoms with Gasteiger partial charge in [0.1, 0.15) is 6.61 Å². The molecule has 0 unspecified atom stereocenters. The molecule has 0 saturated carbocycles. The van der Waals surface area contributed by atoms with Crippen molar-refractivity contribution in [2.75, 3.05) is 20.8 Å². The van der Waals surface area contributed by atoms with Crippen LogP contribution in [0, 0.1) is 0 Å². The largest absolute Gasteiger partial charge is 0.493 e. The third-order valence-electron chi connectivity index (χ3n) is 4.60. The highest BCUT2D eigenvalue weighted by Gasteiger charge is 2.36. The molecular formula is C20H24N4O5. The number of amides is 2. The van der Waals surface area contributed by atoms with Crippen molar-refractivity contribution in [3.8, 4) is 11.5 Å². The first-order chi connectivity index (χ1) is 14.0. The number of nitrogens with two attached hydrogens (primary N) is 1. The average molecular weight is 400 g/mol. The Kier molecular flexibility index (Phi) is 6.63. The quantitative estimate of drug-likeness (QED) is 0.615. The van der Waals surface area contributed by atoms with E-state index in [-0.39, 0.29) is 25.0 Å². The summed E-state index contributed by atoms with van der Waals surface area (Å²) >= 11 is 0. The zero-order chi connectivity index (χ0) is 20.8. The highest BCUT2D eigenvalue weighted by Crippen LogP contribution is 2.32. The zero-order valence-electron chi connectivity index (χ0n) is 16.3. The second-order valence-electron chi connectivity index (χ2n) is 6.47. The van der Waals surface area contributed by atoms with Crippen LogP contribution in [-0.2, 0) is 27.4 Å². The summed E-state index contributed by atoms with van der Waals surface area (Å²) in [6.07, 6.45) is 0.747. The van der Waals surface area contributed by atoms with Crippen LogP contribution in [0.4, 0.5) is 0 Å². The van der Waals surface area contributed by atoms with Gasteiger partial charge in [0.2, 0.25) is 5.91 Å². The Morgan fingerprint density at radius 1 is 1.28 bits per heavy atom. The van der Waals surface area contributed by atoms with E-state index in [1.165, 1.54) is 14.2 Å². The van der Waals surface area contributed by atoms with Gasteiger partial charge in [-0.05, 0) is 35.4 Å². The van der Waals surface area contributed by atoms with Gasteiger partial charge in [-0.2, -0.15) is 0 Å². The van der Waals surface area contributed by atoms with Crippen LogP contribution < -0.4 is 25.8 Å². The van der Waals surface area contributed by atoms with Crippen LogP contribution in [0.2, 0.25) is 0 Å². The van der Waals surface area contributed by atoms with Gasteiger partial charge in [0, 0.05) is 12.7 Å². The normalized spacial score (nSPS) is 18.7. The maximum atomic E-state index is 12.8. The predicted octanol–water partition coefficient (Wildman–Crippen LogP) is 0.430. The number of methoxy groups -OCH3 is 2. The van der Waals surface area contributed by atoms with E-state index in [0.29, 0.717) is 29.3 Å². The molecule has 9 heteroatoms. The number of nitrogens with one attached hydrogen (secondary N) is 2. The van der Waals surface area contributed by atoms with Gasteiger partial charge >= 0.3 is 0 Å². The molecule has 3 rings (SSSR count). The number of benzene rings is 1. The lowest BCUT2D eigenvalue weighted by molar-refractivity contribution is -0.148. The summed E-state index contributed by atoms with van der Waals surface area (Å²) in [7, 11) is 3.05. The third kappa shape index (κ3) is 4.82. The predicted molar refractivity (Wildman–Crippen MR) is 104 cm³/mol. The summed E-state index contributed by atoms with van der Waals surface area (Å²) in [5, 5.41) is 5.63. The van der Waals surface area contributed by atoms with Crippen molar-refractivity contribution < 1.29 is 23.8 Å². The smallest absolute Gasteiger partial charge is 0.251 e. The Bertz CT molecular complexity index is 889. The minimum atomic E-state index is -0.900. The van der Waals surface area contributed by atoms with E-state index in [1.54, 1.807) is 24.4 Å². The van der Waals surface area contributed by atoms with Gasteiger partial charge in [0.25, 0.3) is 5.91 Å². The summed E-state index contributed by atoms with van der Waals surface area (Å²) in [6.45, 7) is 0.421. The number of aromatic nitrogens is 1. The summed E-state index contributed by atoms with van der Waals surface area (Å²) < 4.78 is 16.1. The molecule has 1 aliphatic rings. The fourth-order valence-electron chi connectivity index (χ4n) is 3.11. The number of morpholine rings is 1. The maximum Gasteiger partial charge on any atom is 0.251 e. The zero-order valence-corrected chi connectivity index (χ0v) is 16.3. The van der Waals surface area contributed by atoms with E-state index in [2.05, 4.69) is 15.6 Å². The first kappa shape index (κ1) is 20.6. The van der Waals surface area contributed by atoms with Gasteiger partial charge in [-0.1, -0.05) is 6.07 Å².